The molecular formula is C14H24O2. The lowest BCUT2D eigenvalue weighted by Crippen LogP contribution is -2.17. The molecule has 0 N–H and O–H groups in total. The van der Waals surface area contributed by atoms with E-state index >= 15 is 0 Å². The Balaban J connectivity index is 2.63. The highest BCUT2D eigenvalue weighted by atomic mass is 16.5. The van der Waals surface area contributed by atoms with E-state index in [0.717, 1.165) is 12.8 Å². The van der Waals surface area contributed by atoms with Crippen molar-refractivity contribution in [3.8, 4) is 0 Å². The largest absolute Gasteiger partial charge is 0.462 e. The molecule has 0 aromatic carbocycles. The number of carbonyl (C=O) groups is 1. The van der Waals surface area contributed by atoms with Crippen molar-refractivity contribution in [2.24, 2.45) is 0 Å². The number of allylic oxidation sites excluding steroid dienone is 1. The monoisotopic (exact) mass is 224 g/mol. The van der Waals surface area contributed by atoms with Gasteiger partial charge in [-0.15, -0.1) is 0 Å². The third-order valence-corrected chi connectivity index (χ3v) is 3.42. The van der Waals surface area contributed by atoms with Gasteiger partial charge in [0, 0.05) is 13.3 Å². The fourth-order valence-electron chi connectivity index (χ4n) is 2.28. The van der Waals surface area contributed by atoms with Crippen LogP contribution in [0.4, 0.5) is 0 Å². The van der Waals surface area contributed by atoms with Crippen LogP contribution in [-0.4, -0.2) is 12.1 Å². The maximum absolute atomic E-state index is 11.0. The molecular weight excluding hydrogens is 200 g/mol. The van der Waals surface area contributed by atoms with Crippen LogP contribution in [0, 0.1) is 0 Å². The predicted molar refractivity (Wildman–Crippen MR) is 66.2 cm³/mol. The zero-order chi connectivity index (χ0) is 12.0. The standard InChI is InChI=1S/C14H24O2/c1-11-8-6-4-5-7-9-14(10-12(11)2)16-13(3)15/h14H,4-10H2,1-3H3/b12-11-. The van der Waals surface area contributed by atoms with E-state index in [4.69, 9.17) is 4.74 Å². The van der Waals surface area contributed by atoms with Gasteiger partial charge in [0.2, 0.25) is 0 Å². The molecule has 2 heteroatoms. The number of ether oxygens (including phenoxy) is 1. The van der Waals surface area contributed by atoms with Crippen molar-refractivity contribution in [2.45, 2.75) is 71.8 Å². The molecule has 0 aromatic rings. The quantitative estimate of drug-likeness (QED) is 0.497. The molecule has 0 fully saturated rings. The molecule has 1 aliphatic carbocycles. The summed E-state index contributed by atoms with van der Waals surface area (Å²) < 4.78 is 5.37. The lowest BCUT2D eigenvalue weighted by atomic mass is 9.94. The molecule has 16 heavy (non-hydrogen) atoms. The minimum Gasteiger partial charge on any atom is -0.462 e. The summed E-state index contributed by atoms with van der Waals surface area (Å²) in [5, 5.41) is 0. The molecule has 0 saturated heterocycles. The molecule has 0 bridgehead atoms. The average molecular weight is 224 g/mol. The lowest BCUT2D eigenvalue weighted by molar-refractivity contribution is -0.146. The zero-order valence-corrected chi connectivity index (χ0v) is 10.8. The number of hydrogen-bond donors (Lipinski definition) is 0. The Morgan fingerprint density at radius 1 is 1.12 bits per heavy atom. The van der Waals surface area contributed by atoms with Crippen LogP contribution in [0.2, 0.25) is 0 Å². The number of hydrogen-bond acceptors (Lipinski definition) is 2. The molecule has 0 radical (unpaired) electrons. The summed E-state index contributed by atoms with van der Waals surface area (Å²) in [5.41, 5.74) is 2.90. The minimum absolute atomic E-state index is 0.102. The summed E-state index contributed by atoms with van der Waals surface area (Å²) in [6, 6.07) is 0. The number of rotatable bonds is 1. The van der Waals surface area contributed by atoms with Gasteiger partial charge in [0.25, 0.3) is 0 Å². The van der Waals surface area contributed by atoms with Crippen molar-refractivity contribution in [2.75, 3.05) is 0 Å². The van der Waals surface area contributed by atoms with Crippen LogP contribution in [0.3, 0.4) is 0 Å². The summed E-state index contributed by atoms with van der Waals surface area (Å²) in [7, 11) is 0. The smallest absolute Gasteiger partial charge is 0.302 e. The summed E-state index contributed by atoms with van der Waals surface area (Å²) in [6.07, 6.45) is 8.31. The van der Waals surface area contributed by atoms with E-state index in [1.54, 1.807) is 0 Å². The van der Waals surface area contributed by atoms with Gasteiger partial charge in [0.1, 0.15) is 6.10 Å². The second-order valence-electron chi connectivity index (χ2n) is 4.95. The van der Waals surface area contributed by atoms with E-state index in [-0.39, 0.29) is 12.1 Å². The van der Waals surface area contributed by atoms with Crippen LogP contribution in [0.15, 0.2) is 11.1 Å². The van der Waals surface area contributed by atoms with Crippen LogP contribution >= 0.6 is 0 Å². The topological polar surface area (TPSA) is 26.3 Å². The molecule has 0 aliphatic heterocycles. The Labute approximate surface area is 99.1 Å². The van der Waals surface area contributed by atoms with E-state index in [2.05, 4.69) is 13.8 Å². The van der Waals surface area contributed by atoms with Crippen molar-refractivity contribution < 1.29 is 9.53 Å². The van der Waals surface area contributed by atoms with Gasteiger partial charge in [0.05, 0.1) is 0 Å². The van der Waals surface area contributed by atoms with Crippen LogP contribution in [0.5, 0.6) is 0 Å². The Bertz CT molecular complexity index is 266. The van der Waals surface area contributed by atoms with Crippen molar-refractivity contribution in [1.82, 2.24) is 0 Å². The van der Waals surface area contributed by atoms with Gasteiger partial charge in [-0.25, -0.2) is 0 Å². The van der Waals surface area contributed by atoms with Gasteiger partial charge >= 0.3 is 5.97 Å². The van der Waals surface area contributed by atoms with Crippen molar-refractivity contribution in [3.63, 3.8) is 0 Å². The Morgan fingerprint density at radius 3 is 2.50 bits per heavy atom. The highest BCUT2D eigenvalue weighted by molar-refractivity contribution is 5.66. The molecule has 1 aliphatic rings. The predicted octanol–water partition coefficient (Wildman–Crippen LogP) is 4.00. The summed E-state index contributed by atoms with van der Waals surface area (Å²) in [4.78, 5) is 11.0. The van der Waals surface area contributed by atoms with Crippen LogP contribution in [0.1, 0.15) is 65.7 Å². The first kappa shape index (κ1) is 13.3. The Hall–Kier alpha value is -0.790. The van der Waals surface area contributed by atoms with Gasteiger partial charge in [-0.05, 0) is 39.5 Å². The van der Waals surface area contributed by atoms with Crippen LogP contribution in [-0.2, 0) is 9.53 Å². The molecule has 0 amide bonds. The number of carbonyl (C=O) groups excluding carboxylic acids is 1. The van der Waals surface area contributed by atoms with Crippen molar-refractivity contribution in [3.05, 3.63) is 11.1 Å². The SMILES string of the molecule is CC(=O)OC1CCCCCC/C(C)=C(/C)C1. The third kappa shape index (κ3) is 4.82. The molecule has 92 valence electrons. The normalized spacial score (nSPS) is 28.6. The average Bonchev–Trinajstić information content (AvgIpc) is 2.20. The molecule has 1 rings (SSSR count). The van der Waals surface area contributed by atoms with E-state index in [1.807, 2.05) is 0 Å². The first-order valence-electron chi connectivity index (χ1n) is 6.42. The molecule has 1 atom stereocenters. The first-order valence-corrected chi connectivity index (χ1v) is 6.42. The highest BCUT2D eigenvalue weighted by Crippen LogP contribution is 2.23. The van der Waals surface area contributed by atoms with Gasteiger partial charge in [-0.1, -0.05) is 24.0 Å². The molecule has 0 aromatic heterocycles. The van der Waals surface area contributed by atoms with Crippen molar-refractivity contribution in [1.29, 1.82) is 0 Å². The van der Waals surface area contributed by atoms with Crippen molar-refractivity contribution >= 4 is 5.97 Å². The van der Waals surface area contributed by atoms with Gasteiger partial charge in [-0.3, -0.25) is 4.79 Å². The molecule has 0 spiro atoms. The van der Waals surface area contributed by atoms with Gasteiger partial charge in [0.15, 0.2) is 0 Å². The second kappa shape index (κ2) is 6.72. The second-order valence-corrected chi connectivity index (χ2v) is 4.95. The summed E-state index contributed by atoms with van der Waals surface area (Å²) >= 11 is 0. The van der Waals surface area contributed by atoms with E-state index in [1.165, 1.54) is 50.2 Å². The van der Waals surface area contributed by atoms with E-state index in [0.29, 0.717) is 0 Å². The summed E-state index contributed by atoms with van der Waals surface area (Å²) in [5.74, 6) is -0.146. The van der Waals surface area contributed by atoms with E-state index in [9.17, 15) is 4.79 Å². The Morgan fingerprint density at radius 2 is 1.81 bits per heavy atom. The third-order valence-electron chi connectivity index (χ3n) is 3.42. The van der Waals surface area contributed by atoms with Gasteiger partial charge in [-0.2, -0.15) is 0 Å². The molecule has 2 nitrogen and oxygen atoms in total. The zero-order valence-electron chi connectivity index (χ0n) is 10.8. The fourth-order valence-corrected chi connectivity index (χ4v) is 2.28. The fraction of sp³-hybridized carbons (Fsp3) is 0.786. The minimum atomic E-state index is -0.146. The van der Waals surface area contributed by atoms with Crippen LogP contribution < -0.4 is 0 Å². The van der Waals surface area contributed by atoms with Gasteiger partial charge < -0.3 is 4.74 Å². The molecule has 0 saturated carbocycles. The lowest BCUT2D eigenvalue weighted by Gasteiger charge is -2.20. The summed E-state index contributed by atoms with van der Waals surface area (Å²) in [6.45, 7) is 5.89. The van der Waals surface area contributed by atoms with E-state index < -0.39 is 0 Å². The first-order chi connectivity index (χ1) is 7.59. The molecule has 1 unspecified atom stereocenters. The molecule has 0 heterocycles. The highest BCUT2D eigenvalue weighted by Gasteiger charge is 2.14. The maximum Gasteiger partial charge on any atom is 0.302 e. The Kier molecular flexibility index (Phi) is 5.58. The maximum atomic E-state index is 11.0. The number of esters is 1. The van der Waals surface area contributed by atoms with Crippen LogP contribution in [0.25, 0.3) is 0 Å².